The third-order valence-corrected chi connectivity index (χ3v) is 5.65. The Kier molecular flexibility index (Phi) is 5.84. The maximum atomic E-state index is 13.9. The van der Waals surface area contributed by atoms with Crippen molar-refractivity contribution in [3.63, 3.8) is 0 Å². The standard InChI is InChI=1S/C25H28FNO3/c1-14(2)23-22(16-6-9-20(26)15(3)12-16)18-8-7-17(28)13-19(18)21(27-23)10-11-25(4,5)24(29)30/h6-9,12-14,28H,10-11H2,1-5H3,(H,29,30). The minimum Gasteiger partial charge on any atom is -0.508 e. The van der Waals surface area contributed by atoms with E-state index in [0.29, 0.717) is 18.4 Å². The predicted molar refractivity (Wildman–Crippen MR) is 117 cm³/mol. The van der Waals surface area contributed by atoms with Crippen LogP contribution in [0.1, 0.15) is 57.0 Å². The molecule has 0 saturated carbocycles. The molecule has 0 bridgehead atoms. The van der Waals surface area contributed by atoms with Crippen LogP contribution in [-0.2, 0) is 11.2 Å². The summed E-state index contributed by atoms with van der Waals surface area (Å²) in [6, 6.07) is 10.2. The Morgan fingerprint density at radius 1 is 1.13 bits per heavy atom. The van der Waals surface area contributed by atoms with Gasteiger partial charge in [0, 0.05) is 16.6 Å². The second-order valence-corrected chi connectivity index (χ2v) is 8.86. The van der Waals surface area contributed by atoms with E-state index in [1.54, 1.807) is 39.0 Å². The molecule has 0 radical (unpaired) electrons. The highest BCUT2D eigenvalue weighted by molar-refractivity contribution is 5.99. The molecule has 4 nitrogen and oxygen atoms in total. The van der Waals surface area contributed by atoms with Crippen molar-refractivity contribution in [2.24, 2.45) is 5.41 Å². The number of phenolic OH excluding ortho intramolecular Hbond substituents is 1. The summed E-state index contributed by atoms with van der Waals surface area (Å²) in [6.45, 7) is 9.25. The summed E-state index contributed by atoms with van der Waals surface area (Å²) in [5.41, 5.74) is 3.11. The number of fused-ring (bicyclic) bond motifs is 1. The zero-order valence-electron chi connectivity index (χ0n) is 18.1. The third kappa shape index (κ3) is 4.16. The number of aryl methyl sites for hydroxylation is 2. The number of aromatic nitrogens is 1. The number of rotatable bonds is 6. The molecule has 0 saturated heterocycles. The van der Waals surface area contributed by atoms with Crippen molar-refractivity contribution in [3.8, 4) is 16.9 Å². The number of pyridine rings is 1. The van der Waals surface area contributed by atoms with Gasteiger partial charge in [-0.3, -0.25) is 9.78 Å². The van der Waals surface area contributed by atoms with Gasteiger partial charge in [-0.2, -0.15) is 0 Å². The highest BCUT2D eigenvalue weighted by Crippen LogP contribution is 2.39. The first-order valence-electron chi connectivity index (χ1n) is 10.2. The number of carbonyl (C=O) groups is 1. The van der Waals surface area contributed by atoms with Crippen LogP contribution in [0.25, 0.3) is 21.9 Å². The molecule has 0 amide bonds. The molecule has 0 unspecified atom stereocenters. The molecule has 3 aromatic rings. The minimum atomic E-state index is -0.879. The number of carboxylic acid groups (broad SMARTS) is 1. The van der Waals surface area contributed by atoms with E-state index in [-0.39, 0.29) is 17.5 Å². The zero-order valence-corrected chi connectivity index (χ0v) is 18.1. The van der Waals surface area contributed by atoms with E-state index in [0.717, 1.165) is 33.3 Å². The predicted octanol–water partition coefficient (Wildman–Crippen LogP) is 6.22. The SMILES string of the molecule is Cc1cc(-c2c(C(C)C)nc(CCC(C)(C)C(=O)O)c3cc(O)ccc23)ccc1F. The number of hydrogen-bond donors (Lipinski definition) is 2. The van der Waals surface area contributed by atoms with E-state index in [1.807, 2.05) is 12.1 Å². The summed E-state index contributed by atoms with van der Waals surface area (Å²) in [4.78, 5) is 16.5. The fraction of sp³-hybridized carbons (Fsp3) is 0.360. The minimum absolute atomic E-state index is 0.106. The number of phenols is 1. The Morgan fingerprint density at radius 3 is 2.43 bits per heavy atom. The number of benzene rings is 2. The van der Waals surface area contributed by atoms with Crippen molar-refractivity contribution in [2.45, 2.75) is 53.4 Å². The molecule has 3 rings (SSSR count). The van der Waals surface area contributed by atoms with Crippen molar-refractivity contribution in [1.29, 1.82) is 0 Å². The molecule has 1 heterocycles. The quantitative estimate of drug-likeness (QED) is 0.507. The van der Waals surface area contributed by atoms with Crippen LogP contribution >= 0.6 is 0 Å². The summed E-state index contributed by atoms with van der Waals surface area (Å²) in [6.07, 6.45) is 0.897. The zero-order chi connectivity index (χ0) is 22.2. The lowest BCUT2D eigenvalue weighted by molar-refractivity contribution is -0.147. The number of aliphatic carboxylic acids is 1. The Bertz CT molecular complexity index is 1120. The van der Waals surface area contributed by atoms with Gasteiger partial charge in [-0.1, -0.05) is 19.9 Å². The highest BCUT2D eigenvalue weighted by atomic mass is 19.1. The van der Waals surface area contributed by atoms with Gasteiger partial charge in [0.05, 0.1) is 11.1 Å². The Morgan fingerprint density at radius 2 is 1.83 bits per heavy atom. The number of carboxylic acids is 1. The first-order valence-corrected chi connectivity index (χ1v) is 10.2. The molecule has 2 aromatic carbocycles. The molecular formula is C25H28FNO3. The molecule has 0 spiro atoms. The third-order valence-electron chi connectivity index (χ3n) is 5.65. The van der Waals surface area contributed by atoms with Crippen LogP contribution in [-0.4, -0.2) is 21.2 Å². The van der Waals surface area contributed by atoms with Gasteiger partial charge in [0.1, 0.15) is 11.6 Å². The number of nitrogens with zero attached hydrogens (tertiary/aromatic N) is 1. The van der Waals surface area contributed by atoms with E-state index >= 15 is 0 Å². The fourth-order valence-corrected chi connectivity index (χ4v) is 3.64. The molecule has 158 valence electrons. The van der Waals surface area contributed by atoms with Crippen molar-refractivity contribution < 1.29 is 19.4 Å². The monoisotopic (exact) mass is 409 g/mol. The Labute approximate surface area is 176 Å². The highest BCUT2D eigenvalue weighted by Gasteiger charge is 2.28. The van der Waals surface area contributed by atoms with E-state index in [9.17, 15) is 19.4 Å². The van der Waals surface area contributed by atoms with Crippen LogP contribution < -0.4 is 0 Å². The average molecular weight is 410 g/mol. The molecule has 30 heavy (non-hydrogen) atoms. The lowest BCUT2D eigenvalue weighted by Crippen LogP contribution is -2.24. The lowest BCUT2D eigenvalue weighted by Gasteiger charge is -2.22. The molecule has 0 aliphatic rings. The van der Waals surface area contributed by atoms with Crippen molar-refractivity contribution in [2.75, 3.05) is 0 Å². The van der Waals surface area contributed by atoms with Gasteiger partial charge < -0.3 is 10.2 Å². The van der Waals surface area contributed by atoms with E-state index in [4.69, 9.17) is 4.98 Å². The maximum Gasteiger partial charge on any atom is 0.309 e. The second-order valence-electron chi connectivity index (χ2n) is 8.86. The summed E-state index contributed by atoms with van der Waals surface area (Å²) in [5, 5.41) is 21.3. The maximum absolute atomic E-state index is 13.9. The normalized spacial score (nSPS) is 12.0. The Balaban J connectivity index is 2.26. The van der Waals surface area contributed by atoms with Crippen LogP contribution in [0.4, 0.5) is 4.39 Å². The van der Waals surface area contributed by atoms with Crippen LogP contribution in [0, 0.1) is 18.2 Å². The van der Waals surface area contributed by atoms with Crippen LogP contribution in [0.3, 0.4) is 0 Å². The first-order chi connectivity index (χ1) is 14.0. The van der Waals surface area contributed by atoms with Crippen molar-refractivity contribution in [1.82, 2.24) is 4.98 Å². The topological polar surface area (TPSA) is 70.4 Å². The van der Waals surface area contributed by atoms with Crippen LogP contribution in [0.15, 0.2) is 36.4 Å². The van der Waals surface area contributed by atoms with Crippen molar-refractivity contribution >= 4 is 16.7 Å². The van der Waals surface area contributed by atoms with E-state index in [2.05, 4.69) is 13.8 Å². The largest absolute Gasteiger partial charge is 0.508 e. The number of hydrogen-bond acceptors (Lipinski definition) is 3. The van der Waals surface area contributed by atoms with Gasteiger partial charge in [0.25, 0.3) is 0 Å². The van der Waals surface area contributed by atoms with Gasteiger partial charge >= 0.3 is 5.97 Å². The van der Waals surface area contributed by atoms with E-state index < -0.39 is 11.4 Å². The van der Waals surface area contributed by atoms with Crippen LogP contribution in [0.5, 0.6) is 5.75 Å². The Hall–Kier alpha value is -2.95. The number of halogens is 1. The second kappa shape index (κ2) is 8.05. The smallest absolute Gasteiger partial charge is 0.309 e. The van der Waals surface area contributed by atoms with E-state index in [1.165, 1.54) is 6.07 Å². The molecule has 2 N–H and O–H groups in total. The molecule has 5 heteroatoms. The summed E-state index contributed by atoms with van der Waals surface area (Å²) in [5.74, 6) is -0.874. The number of aromatic hydroxyl groups is 1. The van der Waals surface area contributed by atoms with Gasteiger partial charge in [0.15, 0.2) is 0 Å². The lowest BCUT2D eigenvalue weighted by atomic mass is 9.85. The fourth-order valence-electron chi connectivity index (χ4n) is 3.64. The molecule has 1 aromatic heterocycles. The summed E-state index contributed by atoms with van der Waals surface area (Å²) in [7, 11) is 0. The molecule has 0 aliphatic heterocycles. The summed E-state index contributed by atoms with van der Waals surface area (Å²) < 4.78 is 13.9. The molecule has 0 atom stereocenters. The molecular weight excluding hydrogens is 381 g/mol. The summed E-state index contributed by atoms with van der Waals surface area (Å²) >= 11 is 0. The average Bonchev–Trinajstić information content (AvgIpc) is 2.67. The first kappa shape index (κ1) is 21.8. The van der Waals surface area contributed by atoms with Crippen LogP contribution in [0.2, 0.25) is 0 Å². The molecule has 0 fully saturated rings. The van der Waals surface area contributed by atoms with Crippen molar-refractivity contribution in [3.05, 3.63) is 59.2 Å². The van der Waals surface area contributed by atoms with Gasteiger partial charge in [0.2, 0.25) is 0 Å². The molecule has 0 aliphatic carbocycles. The van der Waals surface area contributed by atoms with Gasteiger partial charge in [-0.15, -0.1) is 0 Å². The van der Waals surface area contributed by atoms with Gasteiger partial charge in [-0.25, -0.2) is 4.39 Å². The van der Waals surface area contributed by atoms with Gasteiger partial charge in [-0.05, 0) is 86.4 Å².